The van der Waals surface area contributed by atoms with Gasteiger partial charge in [0.2, 0.25) is 5.91 Å². The molecule has 0 aromatic heterocycles. The molecule has 0 heterocycles. The summed E-state index contributed by atoms with van der Waals surface area (Å²) >= 11 is 0. The molecule has 1 unspecified atom stereocenters. The fourth-order valence-electron chi connectivity index (χ4n) is 1.73. The number of aliphatic hydroxyl groups is 1. The zero-order valence-corrected chi connectivity index (χ0v) is 12.1. The quantitative estimate of drug-likeness (QED) is 0.756. The third-order valence-electron chi connectivity index (χ3n) is 3.37. The predicted octanol–water partition coefficient (Wildman–Crippen LogP) is 1.60. The molecule has 0 saturated heterocycles. The first-order chi connectivity index (χ1) is 8.70. The Morgan fingerprint density at radius 3 is 2.26 bits per heavy atom. The normalized spacial score (nSPS) is 14.0. The maximum atomic E-state index is 12.4. The number of rotatable bonds is 5. The van der Waals surface area contributed by atoms with Crippen molar-refractivity contribution in [2.75, 3.05) is 6.61 Å². The molecule has 1 amide bonds. The van der Waals surface area contributed by atoms with E-state index in [1.165, 1.54) is 0 Å². The number of carbonyl (C=O) groups is 1. The highest BCUT2D eigenvalue weighted by Crippen LogP contribution is 2.31. The topological polar surface area (TPSA) is 75.3 Å². The number of hydrogen-bond donors (Lipinski definition) is 3. The summed E-state index contributed by atoms with van der Waals surface area (Å²) in [6.45, 7) is 7.06. The van der Waals surface area contributed by atoms with Gasteiger partial charge >= 0.3 is 0 Å². The molecular weight excluding hydrogens is 240 g/mol. The molecule has 4 nitrogen and oxygen atoms in total. The van der Waals surface area contributed by atoms with Gasteiger partial charge in [0.15, 0.2) is 0 Å². The third-order valence-corrected chi connectivity index (χ3v) is 3.37. The van der Waals surface area contributed by atoms with Crippen molar-refractivity contribution in [2.24, 2.45) is 11.1 Å². The second kappa shape index (κ2) is 5.72. The van der Waals surface area contributed by atoms with Gasteiger partial charge in [0.25, 0.3) is 0 Å². The second-order valence-corrected chi connectivity index (χ2v) is 6.11. The Kier molecular flexibility index (Phi) is 4.71. The van der Waals surface area contributed by atoms with Gasteiger partial charge < -0.3 is 16.2 Å². The van der Waals surface area contributed by atoms with E-state index in [-0.39, 0.29) is 12.5 Å². The van der Waals surface area contributed by atoms with Gasteiger partial charge in [0.1, 0.15) is 0 Å². The Morgan fingerprint density at radius 1 is 1.26 bits per heavy atom. The van der Waals surface area contributed by atoms with Crippen LogP contribution in [0.15, 0.2) is 30.3 Å². The van der Waals surface area contributed by atoms with Gasteiger partial charge in [-0.2, -0.15) is 0 Å². The second-order valence-electron chi connectivity index (χ2n) is 6.11. The highest BCUT2D eigenvalue weighted by Gasteiger charge is 2.37. The third kappa shape index (κ3) is 3.78. The van der Waals surface area contributed by atoms with E-state index >= 15 is 0 Å². The fourth-order valence-corrected chi connectivity index (χ4v) is 1.73. The van der Waals surface area contributed by atoms with Crippen LogP contribution < -0.4 is 11.1 Å². The van der Waals surface area contributed by atoms with Crippen LogP contribution in [0, 0.1) is 5.41 Å². The minimum atomic E-state index is -0.756. The van der Waals surface area contributed by atoms with E-state index in [1.807, 2.05) is 44.2 Å². The van der Waals surface area contributed by atoms with Crippen LogP contribution >= 0.6 is 0 Å². The van der Waals surface area contributed by atoms with E-state index in [1.54, 1.807) is 13.8 Å². The summed E-state index contributed by atoms with van der Waals surface area (Å²) in [7, 11) is 0. The Balaban J connectivity index is 2.88. The average molecular weight is 264 g/mol. The summed E-state index contributed by atoms with van der Waals surface area (Å²) in [6, 6.07) is 9.15. The van der Waals surface area contributed by atoms with Gasteiger partial charge in [-0.05, 0) is 33.3 Å². The maximum Gasteiger partial charge on any atom is 0.228 e. The van der Waals surface area contributed by atoms with Crippen LogP contribution in [-0.4, -0.2) is 23.2 Å². The lowest BCUT2D eigenvalue weighted by Gasteiger charge is -2.34. The van der Waals surface area contributed by atoms with Crippen molar-refractivity contribution in [3.05, 3.63) is 35.9 Å². The molecule has 106 valence electrons. The van der Waals surface area contributed by atoms with Crippen LogP contribution in [0.5, 0.6) is 0 Å². The van der Waals surface area contributed by atoms with Crippen molar-refractivity contribution in [1.82, 2.24) is 5.32 Å². The van der Waals surface area contributed by atoms with Gasteiger partial charge in [-0.3, -0.25) is 4.79 Å². The number of nitrogens with two attached hydrogens (primary N) is 1. The minimum absolute atomic E-state index is 0.116. The van der Waals surface area contributed by atoms with E-state index in [0.717, 1.165) is 5.56 Å². The number of amides is 1. The lowest BCUT2D eigenvalue weighted by Crippen LogP contribution is -2.53. The van der Waals surface area contributed by atoms with E-state index in [9.17, 15) is 9.90 Å². The molecule has 0 aliphatic carbocycles. The lowest BCUT2D eigenvalue weighted by molar-refractivity contribution is -0.132. The first kappa shape index (κ1) is 15.7. The predicted molar refractivity (Wildman–Crippen MR) is 76.5 cm³/mol. The van der Waals surface area contributed by atoms with Gasteiger partial charge in [0.05, 0.1) is 17.6 Å². The van der Waals surface area contributed by atoms with Gasteiger partial charge in [0, 0.05) is 6.04 Å². The van der Waals surface area contributed by atoms with E-state index in [4.69, 9.17) is 5.73 Å². The molecule has 0 radical (unpaired) electrons. The SMILES string of the molecule is CC(C)(CO)NC(=O)C(C)(C)C(N)c1ccccc1. The van der Waals surface area contributed by atoms with E-state index < -0.39 is 17.0 Å². The first-order valence-corrected chi connectivity index (χ1v) is 6.45. The molecule has 0 spiro atoms. The smallest absolute Gasteiger partial charge is 0.228 e. The van der Waals surface area contributed by atoms with Gasteiger partial charge in [-0.15, -0.1) is 0 Å². The molecule has 0 fully saturated rings. The summed E-state index contributed by atoms with van der Waals surface area (Å²) in [6.07, 6.45) is 0. The molecule has 0 aliphatic rings. The van der Waals surface area contributed by atoms with Crippen LogP contribution in [0.2, 0.25) is 0 Å². The summed E-state index contributed by atoms with van der Waals surface area (Å²) in [5.41, 5.74) is 5.73. The van der Waals surface area contributed by atoms with Crippen molar-refractivity contribution in [3.63, 3.8) is 0 Å². The molecule has 1 aromatic rings. The largest absolute Gasteiger partial charge is 0.394 e. The van der Waals surface area contributed by atoms with Crippen molar-refractivity contribution >= 4 is 5.91 Å². The van der Waals surface area contributed by atoms with Crippen LogP contribution in [-0.2, 0) is 4.79 Å². The Morgan fingerprint density at radius 2 is 1.79 bits per heavy atom. The summed E-state index contributed by atoms with van der Waals surface area (Å²) < 4.78 is 0. The molecule has 4 heteroatoms. The maximum absolute atomic E-state index is 12.4. The summed E-state index contributed by atoms with van der Waals surface area (Å²) in [5.74, 6) is -0.164. The van der Waals surface area contributed by atoms with Crippen LogP contribution in [0.25, 0.3) is 0 Å². The van der Waals surface area contributed by atoms with Crippen molar-refractivity contribution < 1.29 is 9.90 Å². The molecule has 4 N–H and O–H groups in total. The van der Waals surface area contributed by atoms with E-state index in [0.29, 0.717) is 0 Å². The number of aliphatic hydroxyl groups excluding tert-OH is 1. The lowest BCUT2D eigenvalue weighted by atomic mass is 9.79. The van der Waals surface area contributed by atoms with Crippen LogP contribution in [0.4, 0.5) is 0 Å². The van der Waals surface area contributed by atoms with Crippen LogP contribution in [0.1, 0.15) is 39.3 Å². The van der Waals surface area contributed by atoms with E-state index in [2.05, 4.69) is 5.32 Å². The number of nitrogens with one attached hydrogen (secondary N) is 1. The van der Waals surface area contributed by atoms with Crippen molar-refractivity contribution in [1.29, 1.82) is 0 Å². The molecular formula is C15H24N2O2. The minimum Gasteiger partial charge on any atom is -0.394 e. The molecule has 1 atom stereocenters. The molecule has 0 saturated carbocycles. The Labute approximate surface area is 115 Å². The molecule has 1 aromatic carbocycles. The number of carbonyl (C=O) groups excluding carboxylic acids is 1. The molecule has 0 aliphatic heterocycles. The van der Waals surface area contributed by atoms with Crippen molar-refractivity contribution in [3.8, 4) is 0 Å². The monoisotopic (exact) mass is 264 g/mol. The average Bonchev–Trinajstić information content (AvgIpc) is 2.38. The summed E-state index contributed by atoms with van der Waals surface area (Å²) in [5, 5.41) is 12.0. The number of hydrogen-bond acceptors (Lipinski definition) is 3. The summed E-state index contributed by atoms with van der Waals surface area (Å²) in [4.78, 5) is 12.4. The zero-order chi connectivity index (χ0) is 14.7. The zero-order valence-electron chi connectivity index (χ0n) is 12.1. The highest BCUT2D eigenvalue weighted by atomic mass is 16.3. The first-order valence-electron chi connectivity index (χ1n) is 6.45. The van der Waals surface area contributed by atoms with Gasteiger partial charge in [-0.25, -0.2) is 0 Å². The van der Waals surface area contributed by atoms with Crippen molar-refractivity contribution in [2.45, 2.75) is 39.3 Å². The van der Waals surface area contributed by atoms with Crippen LogP contribution in [0.3, 0.4) is 0 Å². The standard InChI is InChI=1S/C15H24N2O2/c1-14(2,10-18)17-13(19)15(3,4)12(16)11-8-6-5-7-9-11/h5-9,12,18H,10,16H2,1-4H3,(H,17,19). The number of benzene rings is 1. The van der Waals surface area contributed by atoms with Gasteiger partial charge in [-0.1, -0.05) is 30.3 Å². The Bertz CT molecular complexity index is 427. The fraction of sp³-hybridized carbons (Fsp3) is 0.533. The molecule has 0 bridgehead atoms. The molecule has 19 heavy (non-hydrogen) atoms. The molecule has 1 rings (SSSR count). The highest BCUT2D eigenvalue weighted by molar-refractivity contribution is 5.83. The Hall–Kier alpha value is -1.39.